The van der Waals surface area contributed by atoms with E-state index < -0.39 is 0 Å². The SMILES string of the molecule is CCCc1cc(N2N=C(C)CC2=O)cc(-c2ccccc2)c1OC. The molecule has 124 valence electrons. The van der Waals surface area contributed by atoms with E-state index >= 15 is 0 Å². The second-order valence-corrected chi connectivity index (χ2v) is 6.02. The summed E-state index contributed by atoms with van der Waals surface area (Å²) in [6.45, 7) is 4.02. The minimum atomic E-state index is 0.0131. The van der Waals surface area contributed by atoms with Gasteiger partial charge in [0.2, 0.25) is 0 Å². The van der Waals surface area contributed by atoms with Crippen LogP contribution in [0.15, 0.2) is 47.6 Å². The van der Waals surface area contributed by atoms with Crippen molar-refractivity contribution in [1.82, 2.24) is 0 Å². The van der Waals surface area contributed by atoms with Gasteiger partial charge in [-0.1, -0.05) is 43.7 Å². The van der Waals surface area contributed by atoms with Gasteiger partial charge >= 0.3 is 0 Å². The van der Waals surface area contributed by atoms with Gasteiger partial charge in [-0.3, -0.25) is 4.79 Å². The third kappa shape index (κ3) is 3.04. The second kappa shape index (κ2) is 6.87. The largest absolute Gasteiger partial charge is 0.496 e. The highest BCUT2D eigenvalue weighted by Gasteiger charge is 2.25. The molecule has 2 aromatic rings. The van der Waals surface area contributed by atoms with Gasteiger partial charge in [0, 0.05) is 11.3 Å². The number of hydrogen-bond donors (Lipinski definition) is 0. The first-order valence-electron chi connectivity index (χ1n) is 8.27. The zero-order valence-electron chi connectivity index (χ0n) is 14.4. The van der Waals surface area contributed by atoms with Crippen LogP contribution in [0.2, 0.25) is 0 Å². The molecule has 3 rings (SSSR count). The predicted molar refractivity (Wildman–Crippen MR) is 97.6 cm³/mol. The van der Waals surface area contributed by atoms with Gasteiger partial charge in [-0.15, -0.1) is 0 Å². The molecule has 1 aliphatic heterocycles. The third-order valence-electron chi connectivity index (χ3n) is 4.12. The Kier molecular flexibility index (Phi) is 4.65. The Balaban J connectivity index is 2.18. The van der Waals surface area contributed by atoms with E-state index in [0.717, 1.165) is 46.7 Å². The molecule has 0 bridgehead atoms. The number of methoxy groups -OCH3 is 1. The fourth-order valence-corrected chi connectivity index (χ4v) is 3.08. The number of aryl methyl sites for hydroxylation is 1. The number of nitrogens with zero attached hydrogens (tertiary/aromatic N) is 2. The summed E-state index contributed by atoms with van der Waals surface area (Å²) >= 11 is 0. The Morgan fingerprint density at radius 3 is 2.54 bits per heavy atom. The molecule has 4 heteroatoms. The number of hydrazone groups is 1. The molecule has 2 aromatic carbocycles. The lowest BCUT2D eigenvalue weighted by Gasteiger charge is -2.19. The number of anilines is 1. The summed E-state index contributed by atoms with van der Waals surface area (Å²) in [4.78, 5) is 12.2. The number of carbonyl (C=O) groups is 1. The molecule has 0 aromatic heterocycles. The van der Waals surface area contributed by atoms with E-state index in [0.29, 0.717) is 6.42 Å². The Morgan fingerprint density at radius 1 is 1.21 bits per heavy atom. The summed E-state index contributed by atoms with van der Waals surface area (Å²) in [5, 5.41) is 5.91. The van der Waals surface area contributed by atoms with Crippen molar-refractivity contribution in [2.75, 3.05) is 12.1 Å². The number of amides is 1. The zero-order valence-corrected chi connectivity index (χ0v) is 14.4. The number of rotatable bonds is 5. The average molecular weight is 322 g/mol. The number of carbonyl (C=O) groups excluding carboxylic acids is 1. The van der Waals surface area contributed by atoms with Crippen LogP contribution in [0.5, 0.6) is 5.75 Å². The topological polar surface area (TPSA) is 41.9 Å². The van der Waals surface area contributed by atoms with E-state index in [4.69, 9.17) is 4.74 Å². The van der Waals surface area contributed by atoms with Gasteiger partial charge in [0.15, 0.2) is 0 Å². The molecular weight excluding hydrogens is 300 g/mol. The minimum absolute atomic E-state index is 0.0131. The lowest BCUT2D eigenvalue weighted by molar-refractivity contribution is -0.116. The van der Waals surface area contributed by atoms with Crippen molar-refractivity contribution in [1.29, 1.82) is 0 Å². The quantitative estimate of drug-likeness (QED) is 0.817. The average Bonchev–Trinajstić information content (AvgIpc) is 2.93. The summed E-state index contributed by atoms with van der Waals surface area (Å²) < 4.78 is 5.71. The molecule has 1 aliphatic rings. The molecule has 0 saturated heterocycles. The Bertz CT molecular complexity index is 782. The van der Waals surface area contributed by atoms with Crippen molar-refractivity contribution in [3.63, 3.8) is 0 Å². The Labute approximate surface area is 142 Å². The summed E-state index contributed by atoms with van der Waals surface area (Å²) in [6.07, 6.45) is 2.28. The fraction of sp³-hybridized carbons (Fsp3) is 0.300. The highest BCUT2D eigenvalue weighted by molar-refractivity contribution is 6.12. The van der Waals surface area contributed by atoms with Crippen LogP contribution in [0.25, 0.3) is 11.1 Å². The molecule has 0 fully saturated rings. The fourth-order valence-electron chi connectivity index (χ4n) is 3.08. The van der Waals surface area contributed by atoms with Gasteiger partial charge in [0.05, 0.1) is 19.2 Å². The third-order valence-corrected chi connectivity index (χ3v) is 4.12. The summed E-state index contributed by atoms with van der Waals surface area (Å²) in [5.74, 6) is 0.887. The van der Waals surface area contributed by atoms with E-state index in [9.17, 15) is 4.79 Å². The smallest absolute Gasteiger partial charge is 0.253 e. The number of ether oxygens (including phenoxy) is 1. The molecule has 0 unspecified atom stereocenters. The van der Waals surface area contributed by atoms with Crippen LogP contribution < -0.4 is 9.75 Å². The predicted octanol–water partition coefficient (Wildman–Crippen LogP) is 4.43. The van der Waals surface area contributed by atoms with Crippen LogP contribution in [0.3, 0.4) is 0 Å². The standard InChI is InChI=1S/C20H22N2O2/c1-4-8-16-12-17(22-19(23)11-14(2)21-22)13-18(20(16)24-3)15-9-6-5-7-10-15/h5-7,9-10,12-13H,4,8,11H2,1-3H3. The lowest BCUT2D eigenvalue weighted by Crippen LogP contribution is -2.20. The number of benzene rings is 2. The first-order chi connectivity index (χ1) is 11.6. The molecule has 24 heavy (non-hydrogen) atoms. The maximum Gasteiger partial charge on any atom is 0.253 e. The van der Waals surface area contributed by atoms with Crippen molar-refractivity contribution in [3.8, 4) is 16.9 Å². The maximum absolute atomic E-state index is 12.2. The molecule has 0 atom stereocenters. The Morgan fingerprint density at radius 2 is 1.96 bits per heavy atom. The van der Waals surface area contributed by atoms with Crippen LogP contribution in [0.4, 0.5) is 5.69 Å². The molecule has 0 spiro atoms. The van der Waals surface area contributed by atoms with Gasteiger partial charge in [-0.2, -0.15) is 5.10 Å². The molecule has 4 nitrogen and oxygen atoms in total. The van der Waals surface area contributed by atoms with Gasteiger partial charge in [0.1, 0.15) is 5.75 Å². The van der Waals surface area contributed by atoms with Gasteiger partial charge in [-0.05, 0) is 36.6 Å². The molecule has 0 radical (unpaired) electrons. The van der Waals surface area contributed by atoms with E-state index in [1.54, 1.807) is 7.11 Å². The summed E-state index contributed by atoms with van der Waals surface area (Å²) in [5.41, 5.74) is 4.81. The summed E-state index contributed by atoms with van der Waals surface area (Å²) in [6, 6.07) is 14.1. The second-order valence-electron chi connectivity index (χ2n) is 6.02. The zero-order chi connectivity index (χ0) is 17.1. The van der Waals surface area contributed by atoms with Gasteiger partial charge < -0.3 is 4.74 Å². The first-order valence-corrected chi connectivity index (χ1v) is 8.27. The maximum atomic E-state index is 12.2. The highest BCUT2D eigenvalue weighted by atomic mass is 16.5. The van der Waals surface area contributed by atoms with E-state index in [1.807, 2.05) is 37.3 Å². The van der Waals surface area contributed by atoms with Crippen LogP contribution in [-0.4, -0.2) is 18.7 Å². The van der Waals surface area contributed by atoms with Crippen molar-refractivity contribution in [2.45, 2.75) is 33.1 Å². The highest BCUT2D eigenvalue weighted by Crippen LogP contribution is 2.38. The van der Waals surface area contributed by atoms with E-state index in [2.05, 4.69) is 24.2 Å². The molecule has 0 saturated carbocycles. The van der Waals surface area contributed by atoms with Gasteiger partial charge in [-0.25, -0.2) is 5.01 Å². The van der Waals surface area contributed by atoms with Gasteiger partial charge in [0.25, 0.3) is 5.91 Å². The Hall–Kier alpha value is -2.62. The van der Waals surface area contributed by atoms with Crippen LogP contribution >= 0.6 is 0 Å². The van der Waals surface area contributed by atoms with Crippen LogP contribution in [-0.2, 0) is 11.2 Å². The molecule has 0 N–H and O–H groups in total. The summed E-state index contributed by atoms with van der Waals surface area (Å²) in [7, 11) is 1.70. The normalized spacial score (nSPS) is 14.0. The van der Waals surface area contributed by atoms with Crippen LogP contribution in [0, 0.1) is 0 Å². The van der Waals surface area contributed by atoms with E-state index in [1.165, 1.54) is 5.01 Å². The number of hydrogen-bond acceptors (Lipinski definition) is 3. The van der Waals surface area contributed by atoms with Crippen molar-refractivity contribution in [3.05, 3.63) is 48.0 Å². The van der Waals surface area contributed by atoms with Crippen molar-refractivity contribution in [2.24, 2.45) is 5.10 Å². The molecule has 1 amide bonds. The monoisotopic (exact) mass is 322 g/mol. The first kappa shape index (κ1) is 16.2. The molecule has 0 aliphatic carbocycles. The van der Waals surface area contributed by atoms with E-state index in [-0.39, 0.29) is 5.91 Å². The molecule has 1 heterocycles. The lowest BCUT2D eigenvalue weighted by atomic mass is 9.98. The molecular formula is C20H22N2O2. The minimum Gasteiger partial charge on any atom is -0.496 e. The van der Waals surface area contributed by atoms with Crippen molar-refractivity contribution >= 4 is 17.3 Å². The van der Waals surface area contributed by atoms with Crippen LogP contribution in [0.1, 0.15) is 32.3 Å². The van der Waals surface area contributed by atoms with Crippen molar-refractivity contribution < 1.29 is 9.53 Å².